The largest absolute Gasteiger partial charge is 0.489 e. The highest BCUT2D eigenvalue weighted by molar-refractivity contribution is 5.93. The minimum absolute atomic E-state index is 0.160. The third-order valence-corrected chi connectivity index (χ3v) is 6.69. The molecule has 1 N–H and O–H groups in total. The maximum atomic E-state index is 12.9. The minimum Gasteiger partial charge on any atom is -0.489 e. The first kappa shape index (κ1) is 20.6. The molecule has 2 aliphatic rings. The molecule has 0 bridgehead atoms. The smallest absolute Gasteiger partial charge is 0.247 e. The van der Waals surface area contributed by atoms with Crippen LogP contribution in [0.2, 0.25) is 0 Å². The summed E-state index contributed by atoms with van der Waals surface area (Å²) in [6.07, 6.45) is 1.64. The van der Waals surface area contributed by atoms with Crippen LogP contribution in [0.3, 0.4) is 0 Å². The lowest BCUT2D eigenvalue weighted by molar-refractivity contribution is -0.125. The second kappa shape index (κ2) is 9.05. The molecule has 1 amide bonds. The Morgan fingerprint density at radius 3 is 2.25 bits per heavy atom. The van der Waals surface area contributed by atoms with Crippen LogP contribution >= 0.6 is 0 Å². The first-order valence-electron chi connectivity index (χ1n) is 11.3. The van der Waals surface area contributed by atoms with Crippen molar-refractivity contribution in [2.75, 3.05) is 24.7 Å². The molecule has 1 spiro atoms. The molecule has 0 aliphatic carbocycles. The van der Waals surface area contributed by atoms with Crippen LogP contribution in [-0.2, 0) is 17.9 Å². The van der Waals surface area contributed by atoms with Crippen molar-refractivity contribution in [3.63, 3.8) is 0 Å². The predicted molar refractivity (Wildman–Crippen MR) is 126 cm³/mol. The number of likely N-dealkylation sites (tertiary alicyclic amines) is 1. The topological polar surface area (TPSA) is 44.8 Å². The van der Waals surface area contributed by atoms with Crippen molar-refractivity contribution in [2.24, 2.45) is 0 Å². The van der Waals surface area contributed by atoms with Crippen molar-refractivity contribution in [3.05, 3.63) is 96.1 Å². The molecule has 0 radical (unpaired) electrons. The Balaban J connectivity index is 1.25. The number of nitrogens with one attached hydrogen (secondary N) is 1. The van der Waals surface area contributed by atoms with E-state index in [1.165, 1.54) is 5.56 Å². The summed E-state index contributed by atoms with van der Waals surface area (Å²) < 4.78 is 6.15. The standard InChI is InChI=1S/C27H29N3O2/c31-26-27(30(21-28-26)24-12-5-2-6-13-24)15-17-29(18-16-27)19-23-11-7-8-14-25(23)32-20-22-9-3-1-4-10-22/h1-14H,15-21H2,(H,28,31). The van der Waals surface area contributed by atoms with Gasteiger partial charge < -0.3 is 15.0 Å². The van der Waals surface area contributed by atoms with Gasteiger partial charge in [-0.05, 0) is 36.6 Å². The SMILES string of the molecule is O=C1NCN(c2ccccc2)C12CCN(Cc1ccccc1OCc1ccccc1)CC2. The highest BCUT2D eigenvalue weighted by atomic mass is 16.5. The first-order chi connectivity index (χ1) is 15.7. The van der Waals surface area contributed by atoms with Gasteiger partial charge in [0.2, 0.25) is 5.91 Å². The number of piperidine rings is 1. The van der Waals surface area contributed by atoms with Gasteiger partial charge in [-0.25, -0.2) is 0 Å². The van der Waals surface area contributed by atoms with E-state index in [1.54, 1.807) is 0 Å². The second-order valence-electron chi connectivity index (χ2n) is 8.62. The number of hydrogen-bond acceptors (Lipinski definition) is 4. The molecule has 5 nitrogen and oxygen atoms in total. The van der Waals surface area contributed by atoms with E-state index in [0.717, 1.165) is 49.5 Å². The van der Waals surface area contributed by atoms with E-state index >= 15 is 0 Å². The Morgan fingerprint density at radius 1 is 0.844 bits per heavy atom. The van der Waals surface area contributed by atoms with Gasteiger partial charge in [-0.2, -0.15) is 0 Å². The highest BCUT2D eigenvalue weighted by Gasteiger charge is 2.50. The van der Waals surface area contributed by atoms with E-state index in [2.05, 4.69) is 51.5 Å². The lowest BCUT2D eigenvalue weighted by Gasteiger charge is -2.43. The number of benzene rings is 3. The Hall–Kier alpha value is -3.31. The van der Waals surface area contributed by atoms with E-state index in [-0.39, 0.29) is 5.91 Å². The van der Waals surface area contributed by atoms with Gasteiger partial charge in [0, 0.05) is 30.9 Å². The Bertz CT molecular complexity index is 1050. The number of hydrogen-bond donors (Lipinski definition) is 1. The molecule has 0 saturated carbocycles. The Kier molecular flexibility index (Phi) is 5.82. The number of para-hydroxylation sites is 2. The molecule has 0 unspecified atom stereocenters. The molecule has 0 atom stereocenters. The van der Waals surface area contributed by atoms with Crippen LogP contribution in [-0.4, -0.2) is 36.1 Å². The number of carbonyl (C=O) groups is 1. The quantitative estimate of drug-likeness (QED) is 0.641. The summed E-state index contributed by atoms with van der Waals surface area (Å²) in [4.78, 5) is 17.6. The molecule has 0 aromatic heterocycles. The number of nitrogens with zero attached hydrogens (tertiary/aromatic N) is 2. The lowest BCUT2D eigenvalue weighted by atomic mass is 9.85. The summed E-state index contributed by atoms with van der Waals surface area (Å²) in [7, 11) is 0. The summed E-state index contributed by atoms with van der Waals surface area (Å²) in [5.74, 6) is 1.09. The Morgan fingerprint density at radius 2 is 1.50 bits per heavy atom. The summed E-state index contributed by atoms with van der Waals surface area (Å²) in [6.45, 7) is 3.73. The molecular weight excluding hydrogens is 398 g/mol. The number of ether oxygens (including phenoxy) is 1. The van der Waals surface area contributed by atoms with E-state index in [1.807, 2.05) is 48.5 Å². The summed E-state index contributed by atoms with van der Waals surface area (Å²) >= 11 is 0. The Labute approximate surface area is 189 Å². The van der Waals surface area contributed by atoms with Crippen LogP contribution in [0.1, 0.15) is 24.0 Å². The zero-order valence-corrected chi connectivity index (χ0v) is 18.2. The number of amides is 1. The highest BCUT2D eigenvalue weighted by Crippen LogP contribution is 2.36. The summed E-state index contributed by atoms with van der Waals surface area (Å²) in [6, 6.07) is 28.8. The van der Waals surface area contributed by atoms with Gasteiger partial charge in [0.25, 0.3) is 0 Å². The lowest BCUT2D eigenvalue weighted by Crippen LogP contribution is -2.56. The fourth-order valence-corrected chi connectivity index (χ4v) is 4.87. The third kappa shape index (κ3) is 4.08. The van der Waals surface area contributed by atoms with Gasteiger partial charge in [0.1, 0.15) is 17.9 Å². The zero-order chi connectivity index (χ0) is 21.8. The zero-order valence-electron chi connectivity index (χ0n) is 18.2. The van der Waals surface area contributed by atoms with Crippen molar-refractivity contribution in [1.29, 1.82) is 0 Å². The van der Waals surface area contributed by atoms with Crippen molar-refractivity contribution in [1.82, 2.24) is 10.2 Å². The van der Waals surface area contributed by atoms with Crippen LogP contribution in [0.25, 0.3) is 0 Å². The van der Waals surface area contributed by atoms with Gasteiger partial charge >= 0.3 is 0 Å². The van der Waals surface area contributed by atoms with Crippen LogP contribution in [0.4, 0.5) is 5.69 Å². The first-order valence-corrected chi connectivity index (χ1v) is 11.3. The van der Waals surface area contributed by atoms with Crippen molar-refractivity contribution in [2.45, 2.75) is 31.5 Å². The minimum atomic E-state index is -0.443. The number of anilines is 1. The molecule has 32 heavy (non-hydrogen) atoms. The maximum Gasteiger partial charge on any atom is 0.247 e. The van der Waals surface area contributed by atoms with Crippen LogP contribution in [0.5, 0.6) is 5.75 Å². The van der Waals surface area contributed by atoms with Crippen molar-refractivity contribution >= 4 is 11.6 Å². The fraction of sp³-hybridized carbons (Fsp3) is 0.296. The van der Waals surface area contributed by atoms with Gasteiger partial charge in [0.05, 0.1) is 6.67 Å². The number of rotatable bonds is 6. The number of carbonyl (C=O) groups excluding carboxylic acids is 1. The van der Waals surface area contributed by atoms with E-state index in [4.69, 9.17) is 4.74 Å². The molecule has 5 rings (SSSR count). The average molecular weight is 428 g/mol. The molecule has 3 aromatic rings. The monoisotopic (exact) mass is 427 g/mol. The molecule has 2 aliphatic heterocycles. The van der Waals surface area contributed by atoms with Crippen molar-refractivity contribution in [3.8, 4) is 5.75 Å². The maximum absolute atomic E-state index is 12.9. The molecule has 164 valence electrons. The van der Waals surface area contributed by atoms with E-state index < -0.39 is 5.54 Å². The van der Waals surface area contributed by atoms with E-state index in [9.17, 15) is 4.79 Å². The molecule has 2 saturated heterocycles. The molecule has 2 heterocycles. The molecular formula is C27H29N3O2. The van der Waals surface area contributed by atoms with Gasteiger partial charge in [-0.3, -0.25) is 9.69 Å². The van der Waals surface area contributed by atoms with Crippen molar-refractivity contribution < 1.29 is 9.53 Å². The fourth-order valence-electron chi connectivity index (χ4n) is 4.87. The van der Waals surface area contributed by atoms with Gasteiger partial charge in [-0.1, -0.05) is 66.7 Å². The van der Waals surface area contributed by atoms with Gasteiger partial charge in [-0.15, -0.1) is 0 Å². The third-order valence-electron chi connectivity index (χ3n) is 6.69. The molecule has 5 heteroatoms. The molecule has 3 aromatic carbocycles. The van der Waals surface area contributed by atoms with Crippen LogP contribution in [0.15, 0.2) is 84.9 Å². The normalized spacial score (nSPS) is 18.0. The summed E-state index contributed by atoms with van der Waals surface area (Å²) in [5, 5.41) is 3.08. The predicted octanol–water partition coefficient (Wildman–Crippen LogP) is 4.19. The summed E-state index contributed by atoms with van der Waals surface area (Å²) in [5.41, 5.74) is 3.02. The van der Waals surface area contributed by atoms with Crippen LogP contribution in [0, 0.1) is 0 Å². The van der Waals surface area contributed by atoms with Crippen LogP contribution < -0.4 is 15.0 Å². The van der Waals surface area contributed by atoms with Gasteiger partial charge in [0.15, 0.2) is 0 Å². The molecule has 2 fully saturated rings. The second-order valence-corrected chi connectivity index (χ2v) is 8.62. The van der Waals surface area contributed by atoms with E-state index in [0.29, 0.717) is 13.3 Å². The average Bonchev–Trinajstić information content (AvgIpc) is 3.16.